The van der Waals surface area contributed by atoms with E-state index in [2.05, 4.69) is 0 Å². The lowest BCUT2D eigenvalue weighted by Crippen LogP contribution is -2.05. The van der Waals surface area contributed by atoms with Crippen LogP contribution >= 0.6 is 11.3 Å². The molecule has 1 aromatic heterocycles. The molecule has 0 aliphatic rings. The van der Waals surface area contributed by atoms with Gasteiger partial charge >= 0.3 is 0 Å². The fraction of sp³-hybridized carbons (Fsp3) is 0.235. The van der Waals surface area contributed by atoms with E-state index in [1.807, 2.05) is 36.4 Å². The van der Waals surface area contributed by atoms with Gasteiger partial charge in [0.15, 0.2) is 5.43 Å². The second-order valence-electron chi connectivity index (χ2n) is 5.01. The van der Waals surface area contributed by atoms with Crippen LogP contribution in [0.1, 0.15) is 11.1 Å². The summed E-state index contributed by atoms with van der Waals surface area (Å²) in [6.45, 7) is 0.0979. The van der Waals surface area contributed by atoms with Crippen molar-refractivity contribution in [2.75, 3.05) is 13.2 Å². The van der Waals surface area contributed by atoms with Crippen molar-refractivity contribution in [3.63, 3.8) is 0 Å². The van der Waals surface area contributed by atoms with Crippen molar-refractivity contribution in [3.8, 4) is 0 Å². The summed E-state index contributed by atoms with van der Waals surface area (Å²) < 4.78 is 1.90. The molecular weight excluding hydrogens is 284 g/mol. The average molecular weight is 300 g/mol. The number of rotatable bonds is 4. The lowest BCUT2D eigenvalue weighted by Gasteiger charge is -2.09. The predicted molar refractivity (Wildman–Crippen MR) is 87.2 cm³/mol. The predicted octanol–water partition coefficient (Wildman–Crippen LogP) is 2.48. The highest BCUT2D eigenvalue weighted by molar-refractivity contribution is 7.24. The second-order valence-corrected chi connectivity index (χ2v) is 6.06. The number of aliphatic hydroxyl groups is 2. The minimum Gasteiger partial charge on any atom is -0.396 e. The molecule has 0 aliphatic heterocycles. The minimum absolute atomic E-state index is 0.0262. The van der Waals surface area contributed by atoms with Crippen LogP contribution in [0.3, 0.4) is 0 Å². The Morgan fingerprint density at radius 3 is 2.48 bits per heavy atom. The molecule has 4 heteroatoms. The zero-order valence-electron chi connectivity index (χ0n) is 11.5. The summed E-state index contributed by atoms with van der Waals surface area (Å²) in [4.78, 5) is 12.7. The van der Waals surface area contributed by atoms with Gasteiger partial charge in [0, 0.05) is 33.4 Å². The first-order valence-electron chi connectivity index (χ1n) is 6.93. The number of benzene rings is 2. The Balaban J connectivity index is 2.40. The Bertz CT molecular complexity index is 852. The quantitative estimate of drug-likeness (QED) is 0.728. The first-order chi connectivity index (χ1) is 10.2. The average Bonchev–Trinajstić information content (AvgIpc) is 2.49. The van der Waals surface area contributed by atoms with E-state index in [4.69, 9.17) is 5.11 Å². The van der Waals surface area contributed by atoms with Crippen molar-refractivity contribution >= 4 is 31.5 Å². The third-order valence-corrected chi connectivity index (χ3v) is 4.86. The molecule has 0 radical (unpaired) electrons. The van der Waals surface area contributed by atoms with Crippen LogP contribution in [0.15, 0.2) is 41.2 Å². The molecule has 3 aromatic rings. The summed E-state index contributed by atoms with van der Waals surface area (Å²) in [6, 6.07) is 11.4. The molecule has 0 spiro atoms. The second kappa shape index (κ2) is 5.93. The van der Waals surface area contributed by atoms with Crippen molar-refractivity contribution in [2.45, 2.75) is 12.8 Å². The van der Waals surface area contributed by atoms with E-state index >= 15 is 0 Å². The molecule has 3 nitrogen and oxygen atoms in total. The molecule has 108 valence electrons. The van der Waals surface area contributed by atoms with Gasteiger partial charge in [0.2, 0.25) is 0 Å². The zero-order valence-corrected chi connectivity index (χ0v) is 12.3. The lowest BCUT2D eigenvalue weighted by molar-refractivity contribution is 0.298. The van der Waals surface area contributed by atoms with Gasteiger partial charge in [-0.25, -0.2) is 0 Å². The zero-order chi connectivity index (χ0) is 14.8. The number of hydrogen-bond acceptors (Lipinski definition) is 4. The van der Waals surface area contributed by atoms with Gasteiger partial charge in [-0.3, -0.25) is 4.79 Å². The van der Waals surface area contributed by atoms with Gasteiger partial charge in [-0.05, 0) is 42.2 Å². The van der Waals surface area contributed by atoms with Crippen LogP contribution in [0.4, 0.5) is 0 Å². The van der Waals surface area contributed by atoms with E-state index < -0.39 is 0 Å². The third-order valence-electron chi connectivity index (χ3n) is 3.60. The molecule has 2 N–H and O–H groups in total. The largest absolute Gasteiger partial charge is 0.396 e. The molecule has 0 amide bonds. The Morgan fingerprint density at radius 1 is 0.952 bits per heavy atom. The summed E-state index contributed by atoms with van der Waals surface area (Å²) in [5, 5.41) is 19.8. The van der Waals surface area contributed by atoms with Gasteiger partial charge in [-0.1, -0.05) is 18.2 Å². The molecule has 0 unspecified atom stereocenters. The maximum Gasteiger partial charge on any atom is 0.195 e. The van der Waals surface area contributed by atoms with Crippen LogP contribution in [0.5, 0.6) is 0 Å². The SMILES string of the molecule is O=c1c2ccccc2sc2c(CCO)cc(CCO)cc12. The third kappa shape index (κ3) is 2.58. The monoisotopic (exact) mass is 300 g/mol. The van der Waals surface area contributed by atoms with E-state index in [1.165, 1.54) is 0 Å². The van der Waals surface area contributed by atoms with Crippen LogP contribution in [0.2, 0.25) is 0 Å². The van der Waals surface area contributed by atoms with E-state index in [0.717, 1.165) is 25.9 Å². The van der Waals surface area contributed by atoms with Crippen molar-refractivity contribution in [3.05, 3.63) is 57.7 Å². The molecule has 0 saturated carbocycles. The smallest absolute Gasteiger partial charge is 0.195 e. The van der Waals surface area contributed by atoms with Crippen LogP contribution in [0, 0.1) is 0 Å². The summed E-state index contributed by atoms with van der Waals surface area (Å²) in [5.74, 6) is 0. The maximum absolute atomic E-state index is 12.7. The Morgan fingerprint density at radius 2 is 1.71 bits per heavy atom. The van der Waals surface area contributed by atoms with Gasteiger partial charge in [0.05, 0.1) is 0 Å². The fourth-order valence-corrected chi connectivity index (χ4v) is 3.81. The molecule has 0 saturated heterocycles. The van der Waals surface area contributed by atoms with Crippen molar-refractivity contribution in [1.82, 2.24) is 0 Å². The number of hydrogen-bond donors (Lipinski definition) is 2. The summed E-state index contributed by atoms with van der Waals surface area (Å²) in [6.07, 6.45) is 1.04. The fourth-order valence-electron chi connectivity index (χ4n) is 2.62. The lowest BCUT2D eigenvalue weighted by atomic mass is 10.0. The van der Waals surface area contributed by atoms with Gasteiger partial charge < -0.3 is 10.2 Å². The van der Waals surface area contributed by atoms with Crippen LogP contribution in [-0.2, 0) is 12.8 Å². The standard InChI is InChI=1S/C17H16O3S/c18-7-5-11-9-12(6-8-19)17-14(10-11)16(20)13-3-1-2-4-15(13)21-17/h1-4,9-10,18-19H,5-8H2. The number of aliphatic hydroxyl groups excluding tert-OH is 2. The van der Waals surface area contributed by atoms with Crippen molar-refractivity contribution < 1.29 is 10.2 Å². The molecule has 3 rings (SSSR count). The topological polar surface area (TPSA) is 57.5 Å². The van der Waals surface area contributed by atoms with Gasteiger partial charge in [-0.15, -0.1) is 11.3 Å². The highest BCUT2D eigenvalue weighted by atomic mass is 32.1. The molecule has 1 heterocycles. The van der Waals surface area contributed by atoms with E-state index in [1.54, 1.807) is 11.3 Å². The summed E-state index contributed by atoms with van der Waals surface area (Å²) >= 11 is 1.59. The highest BCUT2D eigenvalue weighted by Gasteiger charge is 2.11. The van der Waals surface area contributed by atoms with E-state index in [-0.39, 0.29) is 18.6 Å². The van der Waals surface area contributed by atoms with Crippen LogP contribution in [0.25, 0.3) is 20.2 Å². The first kappa shape index (κ1) is 14.2. The van der Waals surface area contributed by atoms with Gasteiger partial charge in [-0.2, -0.15) is 0 Å². The minimum atomic E-state index is 0.0262. The highest BCUT2D eigenvalue weighted by Crippen LogP contribution is 2.29. The van der Waals surface area contributed by atoms with Crippen molar-refractivity contribution in [2.24, 2.45) is 0 Å². The van der Waals surface area contributed by atoms with E-state index in [0.29, 0.717) is 18.2 Å². The summed E-state index contributed by atoms with van der Waals surface area (Å²) in [7, 11) is 0. The molecule has 21 heavy (non-hydrogen) atoms. The Kier molecular flexibility index (Phi) is 4.01. The Hall–Kier alpha value is -1.75. The van der Waals surface area contributed by atoms with Crippen LogP contribution in [-0.4, -0.2) is 23.4 Å². The van der Waals surface area contributed by atoms with Gasteiger partial charge in [0.1, 0.15) is 0 Å². The summed E-state index contributed by atoms with van der Waals surface area (Å²) in [5.41, 5.74) is 1.94. The maximum atomic E-state index is 12.7. The first-order valence-corrected chi connectivity index (χ1v) is 7.75. The molecule has 0 aliphatic carbocycles. The Labute approximate surface area is 126 Å². The molecule has 2 aromatic carbocycles. The van der Waals surface area contributed by atoms with E-state index in [9.17, 15) is 9.90 Å². The van der Waals surface area contributed by atoms with Crippen LogP contribution < -0.4 is 5.43 Å². The van der Waals surface area contributed by atoms with Gasteiger partial charge in [0.25, 0.3) is 0 Å². The molecule has 0 fully saturated rings. The van der Waals surface area contributed by atoms with Crippen molar-refractivity contribution in [1.29, 1.82) is 0 Å². The molecule has 0 atom stereocenters. The molecular formula is C17H16O3S. The molecule has 0 bridgehead atoms. The normalized spacial score (nSPS) is 11.3. The number of fused-ring (bicyclic) bond motifs is 2.